The first-order valence-corrected chi connectivity index (χ1v) is 5.64. The molecule has 0 bridgehead atoms. The van der Waals surface area contributed by atoms with Gasteiger partial charge in [0.15, 0.2) is 0 Å². The van der Waals surface area contributed by atoms with Crippen molar-refractivity contribution in [1.82, 2.24) is 9.80 Å². The molecule has 0 saturated carbocycles. The smallest absolute Gasteiger partial charge is 0.240 e. The molecule has 0 spiro atoms. The van der Waals surface area contributed by atoms with Gasteiger partial charge in [-0.2, -0.15) is 5.26 Å². The Bertz CT molecular complexity index is 297. The molecule has 2 aliphatic rings. The van der Waals surface area contributed by atoms with Crippen LogP contribution in [0.1, 0.15) is 25.7 Å². The number of carbonyl (C=O) groups is 1. The summed E-state index contributed by atoms with van der Waals surface area (Å²) in [5, 5.41) is 8.94. The van der Waals surface area contributed by atoms with Gasteiger partial charge in [0.25, 0.3) is 0 Å². The summed E-state index contributed by atoms with van der Waals surface area (Å²) in [6.45, 7) is 1.77. The molecule has 2 aliphatic heterocycles. The molecule has 82 valence electrons. The Hall–Kier alpha value is -1.08. The predicted octanol–water partition coefficient (Wildman–Crippen LogP) is 0.595. The van der Waals surface area contributed by atoms with Crippen molar-refractivity contribution in [3.05, 3.63) is 0 Å². The Morgan fingerprint density at radius 2 is 2.07 bits per heavy atom. The average molecular weight is 207 g/mol. The quantitative estimate of drug-likeness (QED) is 0.632. The molecule has 1 amide bonds. The fraction of sp³-hybridized carbons (Fsp3) is 0.818. The molecule has 0 N–H and O–H groups in total. The van der Waals surface area contributed by atoms with Crippen molar-refractivity contribution in [1.29, 1.82) is 5.26 Å². The van der Waals surface area contributed by atoms with E-state index in [0.717, 1.165) is 38.8 Å². The first-order chi connectivity index (χ1) is 7.24. The molecule has 0 aromatic rings. The van der Waals surface area contributed by atoms with Crippen LogP contribution >= 0.6 is 0 Å². The van der Waals surface area contributed by atoms with Crippen LogP contribution < -0.4 is 0 Å². The van der Waals surface area contributed by atoms with Gasteiger partial charge in [0.2, 0.25) is 5.91 Å². The van der Waals surface area contributed by atoms with Crippen LogP contribution in [-0.2, 0) is 4.79 Å². The summed E-state index contributed by atoms with van der Waals surface area (Å²) in [5.74, 6) is 0.166. The lowest BCUT2D eigenvalue weighted by molar-refractivity contribution is -0.135. The molecule has 15 heavy (non-hydrogen) atoms. The topological polar surface area (TPSA) is 47.3 Å². The van der Waals surface area contributed by atoms with Gasteiger partial charge >= 0.3 is 0 Å². The standard InChI is InChI=1S/C11H17N3O/c1-13-6-3-5-10(13)11(15)14-7-2-4-9(14)8-12/h9-10H,2-7H2,1H3. The monoisotopic (exact) mass is 207 g/mol. The minimum Gasteiger partial charge on any atom is -0.325 e. The first kappa shape index (κ1) is 10.4. The van der Waals surface area contributed by atoms with Crippen LogP contribution in [0.15, 0.2) is 0 Å². The highest BCUT2D eigenvalue weighted by atomic mass is 16.2. The van der Waals surface area contributed by atoms with Crippen LogP contribution in [0.25, 0.3) is 0 Å². The molecule has 2 fully saturated rings. The molecule has 0 aromatic carbocycles. The minimum atomic E-state index is -0.175. The second-order valence-corrected chi connectivity index (χ2v) is 4.46. The second-order valence-electron chi connectivity index (χ2n) is 4.46. The highest BCUT2D eigenvalue weighted by molar-refractivity contribution is 5.83. The molecule has 0 radical (unpaired) electrons. The van der Waals surface area contributed by atoms with Crippen LogP contribution in [0.5, 0.6) is 0 Å². The molecule has 4 heteroatoms. The van der Waals surface area contributed by atoms with Crippen molar-refractivity contribution in [2.45, 2.75) is 37.8 Å². The molecule has 2 atom stereocenters. The number of amides is 1. The van der Waals surface area contributed by atoms with Gasteiger partial charge in [0.1, 0.15) is 6.04 Å². The Kier molecular flexibility index (Phi) is 2.92. The van der Waals surface area contributed by atoms with Gasteiger partial charge in [-0.25, -0.2) is 0 Å². The number of hydrogen-bond donors (Lipinski definition) is 0. The van der Waals surface area contributed by atoms with Crippen LogP contribution in [0.4, 0.5) is 0 Å². The van der Waals surface area contributed by atoms with Crippen molar-refractivity contribution >= 4 is 5.91 Å². The Labute approximate surface area is 90.5 Å². The van der Waals surface area contributed by atoms with Crippen molar-refractivity contribution in [3.63, 3.8) is 0 Å². The number of likely N-dealkylation sites (tertiary alicyclic amines) is 2. The maximum atomic E-state index is 12.2. The molecular formula is C11H17N3O. The zero-order valence-corrected chi connectivity index (χ0v) is 9.15. The summed E-state index contributed by atoms with van der Waals surface area (Å²) in [4.78, 5) is 16.0. The van der Waals surface area contributed by atoms with Gasteiger partial charge in [-0.05, 0) is 39.3 Å². The maximum Gasteiger partial charge on any atom is 0.240 e. The van der Waals surface area contributed by atoms with Crippen LogP contribution in [0, 0.1) is 11.3 Å². The highest BCUT2D eigenvalue weighted by Crippen LogP contribution is 2.23. The predicted molar refractivity (Wildman–Crippen MR) is 56.0 cm³/mol. The van der Waals surface area contributed by atoms with Gasteiger partial charge in [0.05, 0.1) is 12.1 Å². The lowest BCUT2D eigenvalue weighted by Gasteiger charge is -2.26. The van der Waals surface area contributed by atoms with Crippen LogP contribution in [0.3, 0.4) is 0 Å². The third-order valence-corrected chi connectivity index (χ3v) is 3.49. The molecule has 4 nitrogen and oxygen atoms in total. The van der Waals surface area contributed by atoms with Gasteiger partial charge in [-0.1, -0.05) is 0 Å². The van der Waals surface area contributed by atoms with E-state index in [4.69, 9.17) is 5.26 Å². The molecule has 0 aliphatic carbocycles. The number of carbonyl (C=O) groups excluding carboxylic acids is 1. The lowest BCUT2D eigenvalue weighted by Crippen LogP contribution is -2.45. The van der Waals surface area contributed by atoms with Crippen molar-refractivity contribution in [2.24, 2.45) is 0 Å². The second kappa shape index (κ2) is 4.19. The zero-order chi connectivity index (χ0) is 10.8. The Balaban J connectivity index is 2.04. The van der Waals surface area contributed by atoms with Crippen molar-refractivity contribution in [2.75, 3.05) is 20.1 Å². The normalized spacial score (nSPS) is 31.9. The molecule has 2 heterocycles. The summed E-state index contributed by atoms with van der Waals surface area (Å²) < 4.78 is 0. The van der Waals surface area contributed by atoms with Crippen LogP contribution in [0.2, 0.25) is 0 Å². The zero-order valence-electron chi connectivity index (χ0n) is 9.15. The number of hydrogen-bond acceptors (Lipinski definition) is 3. The first-order valence-electron chi connectivity index (χ1n) is 5.64. The summed E-state index contributed by atoms with van der Waals surface area (Å²) in [5.41, 5.74) is 0. The van der Waals surface area contributed by atoms with E-state index in [1.807, 2.05) is 7.05 Å². The third kappa shape index (κ3) is 1.84. The van der Waals surface area contributed by atoms with E-state index in [-0.39, 0.29) is 18.0 Å². The number of likely N-dealkylation sites (N-methyl/N-ethyl adjacent to an activating group) is 1. The van der Waals surface area contributed by atoms with E-state index in [2.05, 4.69) is 11.0 Å². The van der Waals surface area contributed by atoms with Crippen LogP contribution in [-0.4, -0.2) is 47.9 Å². The van der Waals surface area contributed by atoms with E-state index in [1.165, 1.54) is 0 Å². The average Bonchev–Trinajstić information content (AvgIpc) is 2.84. The van der Waals surface area contributed by atoms with Crippen molar-refractivity contribution in [3.8, 4) is 6.07 Å². The van der Waals surface area contributed by atoms with E-state index in [9.17, 15) is 4.79 Å². The minimum absolute atomic E-state index is 0.0268. The van der Waals surface area contributed by atoms with Crippen molar-refractivity contribution < 1.29 is 4.79 Å². The van der Waals surface area contributed by atoms with Gasteiger partial charge in [-0.15, -0.1) is 0 Å². The van der Waals surface area contributed by atoms with E-state index < -0.39 is 0 Å². The molecular weight excluding hydrogens is 190 g/mol. The van der Waals surface area contributed by atoms with E-state index in [1.54, 1.807) is 4.90 Å². The van der Waals surface area contributed by atoms with E-state index in [0.29, 0.717) is 0 Å². The van der Waals surface area contributed by atoms with Gasteiger partial charge < -0.3 is 4.90 Å². The fourth-order valence-electron chi connectivity index (χ4n) is 2.58. The summed E-state index contributed by atoms with van der Waals surface area (Å²) in [7, 11) is 1.99. The Morgan fingerprint density at radius 1 is 1.33 bits per heavy atom. The lowest BCUT2D eigenvalue weighted by atomic mass is 10.1. The van der Waals surface area contributed by atoms with E-state index >= 15 is 0 Å². The largest absolute Gasteiger partial charge is 0.325 e. The van der Waals surface area contributed by atoms with Gasteiger partial charge in [0, 0.05) is 6.54 Å². The number of nitrogens with zero attached hydrogens (tertiary/aromatic N) is 3. The summed E-state index contributed by atoms with van der Waals surface area (Å²) in [6, 6.07) is 2.07. The molecule has 2 saturated heterocycles. The SMILES string of the molecule is CN1CCCC1C(=O)N1CCCC1C#N. The molecule has 2 unspecified atom stereocenters. The maximum absolute atomic E-state index is 12.2. The third-order valence-electron chi connectivity index (χ3n) is 3.49. The summed E-state index contributed by atoms with van der Waals surface area (Å²) in [6.07, 6.45) is 3.86. The number of rotatable bonds is 1. The number of nitriles is 1. The fourth-order valence-corrected chi connectivity index (χ4v) is 2.58. The highest BCUT2D eigenvalue weighted by Gasteiger charge is 2.36. The summed E-state index contributed by atoms with van der Waals surface area (Å²) >= 11 is 0. The van der Waals surface area contributed by atoms with Gasteiger partial charge in [-0.3, -0.25) is 9.69 Å². The molecule has 2 rings (SSSR count). The Morgan fingerprint density at radius 3 is 2.67 bits per heavy atom. The molecule has 0 aromatic heterocycles.